The van der Waals surface area contributed by atoms with E-state index in [0.717, 1.165) is 37.6 Å². The number of amides is 1. The Bertz CT molecular complexity index is 966. The first-order valence-corrected chi connectivity index (χ1v) is 9.79. The zero-order chi connectivity index (χ0) is 21.5. The number of anilines is 3. The van der Waals surface area contributed by atoms with Gasteiger partial charge in [-0.1, -0.05) is 0 Å². The van der Waals surface area contributed by atoms with Crippen molar-refractivity contribution in [1.82, 2.24) is 4.90 Å². The quantitative estimate of drug-likeness (QED) is 0.438. The predicted octanol–water partition coefficient (Wildman–Crippen LogP) is 3.10. The molecule has 2 N–H and O–H groups in total. The summed E-state index contributed by atoms with van der Waals surface area (Å²) in [5, 5.41) is 15.0. The molecule has 1 amide bonds. The van der Waals surface area contributed by atoms with Gasteiger partial charge in [0.15, 0.2) is 5.78 Å². The Hall–Kier alpha value is -3.63. The van der Waals surface area contributed by atoms with Gasteiger partial charge in [-0.05, 0) is 62.5 Å². The van der Waals surface area contributed by atoms with Crippen molar-refractivity contribution < 1.29 is 9.59 Å². The molecule has 0 unspecified atom stereocenters. The Kier molecular flexibility index (Phi) is 6.83. The first-order valence-electron chi connectivity index (χ1n) is 9.79. The number of rotatable bonds is 6. The topological polar surface area (TPSA) is 88.5 Å². The van der Waals surface area contributed by atoms with Crippen molar-refractivity contribution in [3.05, 3.63) is 65.9 Å². The summed E-state index contributed by atoms with van der Waals surface area (Å²) in [5.41, 5.74) is 2.98. The van der Waals surface area contributed by atoms with Crippen LogP contribution in [0, 0.1) is 11.3 Å². The van der Waals surface area contributed by atoms with E-state index < -0.39 is 5.91 Å². The normalized spacial score (nSPS) is 14.7. The number of piperazine rings is 1. The molecule has 0 aliphatic carbocycles. The number of likely N-dealkylation sites (N-methyl/N-ethyl adjacent to an activating group) is 1. The molecule has 1 fully saturated rings. The number of benzene rings is 2. The van der Waals surface area contributed by atoms with Gasteiger partial charge in [-0.3, -0.25) is 9.59 Å². The Labute approximate surface area is 176 Å². The Morgan fingerprint density at radius 2 is 1.57 bits per heavy atom. The van der Waals surface area contributed by atoms with Crippen LogP contribution < -0.4 is 15.5 Å². The van der Waals surface area contributed by atoms with Crippen molar-refractivity contribution in [2.45, 2.75) is 6.92 Å². The number of nitrogens with one attached hydrogen (secondary N) is 2. The first kappa shape index (κ1) is 21.1. The van der Waals surface area contributed by atoms with Crippen LogP contribution in [0.15, 0.2) is 60.3 Å². The molecule has 2 aromatic rings. The SMILES string of the molecule is CC(=O)c1ccc(NC(=O)/C(C#N)=C\Nc2ccc(N3CCN(C)CC3)cc2)cc1. The van der Waals surface area contributed by atoms with Crippen LogP contribution in [-0.2, 0) is 4.79 Å². The Morgan fingerprint density at radius 3 is 2.13 bits per heavy atom. The van der Waals surface area contributed by atoms with E-state index in [1.165, 1.54) is 13.1 Å². The average Bonchev–Trinajstić information content (AvgIpc) is 2.75. The lowest BCUT2D eigenvalue weighted by Crippen LogP contribution is -2.44. The number of nitriles is 1. The summed E-state index contributed by atoms with van der Waals surface area (Å²) in [4.78, 5) is 28.3. The minimum absolute atomic E-state index is 0.0474. The fourth-order valence-electron chi connectivity index (χ4n) is 3.12. The molecule has 1 heterocycles. The fraction of sp³-hybridized carbons (Fsp3) is 0.261. The van der Waals surface area contributed by atoms with Crippen LogP contribution in [0.25, 0.3) is 0 Å². The molecule has 1 saturated heterocycles. The number of ketones is 1. The van der Waals surface area contributed by atoms with Gasteiger partial charge in [0.1, 0.15) is 11.6 Å². The highest BCUT2D eigenvalue weighted by Crippen LogP contribution is 2.19. The maximum atomic E-state index is 12.4. The van der Waals surface area contributed by atoms with Crippen molar-refractivity contribution in [2.75, 3.05) is 48.8 Å². The van der Waals surface area contributed by atoms with E-state index in [1.54, 1.807) is 24.3 Å². The lowest BCUT2D eigenvalue weighted by molar-refractivity contribution is -0.112. The first-order chi connectivity index (χ1) is 14.5. The zero-order valence-corrected chi connectivity index (χ0v) is 17.2. The number of carbonyl (C=O) groups excluding carboxylic acids is 2. The van der Waals surface area contributed by atoms with E-state index in [1.807, 2.05) is 30.3 Å². The minimum Gasteiger partial charge on any atom is -0.369 e. The molecule has 0 radical (unpaired) electrons. The molecule has 7 nitrogen and oxygen atoms in total. The largest absolute Gasteiger partial charge is 0.369 e. The third-order valence-corrected chi connectivity index (χ3v) is 5.03. The lowest BCUT2D eigenvalue weighted by Gasteiger charge is -2.34. The Morgan fingerprint density at radius 1 is 0.967 bits per heavy atom. The number of hydrogen-bond donors (Lipinski definition) is 2. The second kappa shape index (κ2) is 9.72. The monoisotopic (exact) mass is 403 g/mol. The lowest BCUT2D eigenvalue weighted by atomic mass is 10.1. The molecule has 2 aromatic carbocycles. The summed E-state index contributed by atoms with van der Waals surface area (Å²) in [7, 11) is 2.13. The molecule has 0 bridgehead atoms. The number of hydrogen-bond acceptors (Lipinski definition) is 6. The molecule has 30 heavy (non-hydrogen) atoms. The van der Waals surface area contributed by atoms with Gasteiger partial charge in [-0.15, -0.1) is 0 Å². The third kappa shape index (κ3) is 5.46. The second-order valence-electron chi connectivity index (χ2n) is 7.24. The van der Waals surface area contributed by atoms with E-state index in [2.05, 4.69) is 27.5 Å². The van der Waals surface area contributed by atoms with Crippen molar-refractivity contribution in [3.8, 4) is 6.07 Å². The van der Waals surface area contributed by atoms with Crippen LogP contribution in [0.3, 0.4) is 0 Å². The predicted molar refractivity (Wildman–Crippen MR) is 119 cm³/mol. The highest BCUT2D eigenvalue weighted by Gasteiger charge is 2.14. The van der Waals surface area contributed by atoms with Crippen molar-refractivity contribution >= 4 is 28.8 Å². The van der Waals surface area contributed by atoms with Crippen LogP contribution in [0.1, 0.15) is 17.3 Å². The maximum absolute atomic E-state index is 12.4. The van der Waals surface area contributed by atoms with Gasteiger partial charge >= 0.3 is 0 Å². The van der Waals surface area contributed by atoms with E-state index in [-0.39, 0.29) is 11.4 Å². The summed E-state index contributed by atoms with van der Waals surface area (Å²) in [6.07, 6.45) is 1.39. The van der Waals surface area contributed by atoms with E-state index in [9.17, 15) is 14.9 Å². The molecule has 1 aliphatic heterocycles. The zero-order valence-electron chi connectivity index (χ0n) is 17.2. The smallest absolute Gasteiger partial charge is 0.267 e. The molecular weight excluding hydrogens is 378 g/mol. The van der Waals surface area contributed by atoms with E-state index in [0.29, 0.717) is 11.3 Å². The van der Waals surface area contributed by atoms with Crippen LogP contribution >= 0.6 is 0 Å². The number of nitrogens with zero attached hydrogens (tertiary/aromatic N) is 3. The summed E-state index contributed by atoms with van der Waals surface area (Å²) in [6.45, 7) is 5.56. The molecule has 0 saturated carbocycles. The third-order valence-electron chi connectivity index (χ3n) is 5.03. The van der Waals surface area contributed by atoms with Gasteiger partial charge in [0.05, 0.1) is 0 Å². The van der Waals surface area contributed by atoms with Gasteiger partial charge in [0.2, 0.25) is 0 Å². The molecular formula is C23H25N5O2. The van der Waals surface area contributed by atoms with Gasteiger partial charge in [0, 0.05) is 55.0 Å². The van der Waals surface area contributed by atoms with E-state index >= 15 is 0 Å². The summed E-state index contributed by atoms with van der Waals surface area (Å²) >= 11 is 0. The van der Waals surface area contributed by atoms with Crippen LogP contribution in [0.2, 0.25) is 0 Å². The van der Waals surface area contributed by atoms with Gasteiger partial charge in [-0.2, -0.15) is 5.26 Å². The van der Waals surface area contributed by atoms with Crippen LogP contribution in [0.4, 0.5) is 17.1 Å². The van der Waals surface area contributed by atoms with Crippen LogP contribution in [-0.4, -0.2) is 49.8 Å². The highest BCUT2D eigenvalue weighted by molar-refractivity contribution is 6.07. The summed E-state index contributed by atoms with van der Waals surface area (Å²) in [6, 6.07) is 16.4. The highest BCUT2D eigenvalue weighted by atomic mass is 16.1. The van der Waals surface area contributed by atoms with Crippen LogP contribution in [0.5, 0.6) is 0 Å². The minimum atomic E-state index is -0.519. The van der Waals surface area contributed by atoms with Gasteiger partial charge in [0.25, 0.3) is 5.91 Å². The van der Waals surface area contributed by atoms with Gasteiger partial charge in [-0.25, -0.2) is 0 Å². The average molecular weight is 403 g/mol. The molecule has 3 rings (SSSR count). The summed E-state index contributed by atoms with van der Waals surface area (Å²) in [5.74, 6) is -0.567. The molecule has 1 aliphatic rings. The fourth-order valence-corrected chi connectivity index (χ4v) is 3.12. The van der Waals surface area contributed by atoms with Crippen molar-refractivity contribution in [3.63, 3.8) is 0 Å². The molecule has 0 atom stereocenters. The summed E-state index contributed by atoms with van der Waals surface area (Å²) < 4.78 is 0. The molecule has 0 aromatic heterocycles. The van der Waals surface area contributed by atoms with Crippen molar-refractivity contribution in [2.24, 2.45) is 0 Å². The maximum Gasteiger partial charge on any atom is 0.267 e. The van der Waals surface area contributed by atoms with Gasteiger partial charge < -0.3 is 20.4 Å². The number of carbonyl (C=O) groups is 2. The molecule has 7 heteroatoms. The molecule has 154 valence electrons. The van der Waals surface area contributed by atoms with Crippen molar-refractivity contribution in [1.29, 1.82) is 5.26 Å². The number of Topliss-reactive ketones (excluding diaryl/α,β-unsaturated/α-hetero) is 1. The Balaban J connectivity index is 1.59. The molecule has 0 spiro atoms. The second-order valence-corrected chi connectivity index (χ2v) is 7.24. The standard InChI is InChI=1S/C23H25N5O2/c1-17(29)18-3-5-21(6-4-18)26-23(30)19(15-24)16-25-20-7-9-22(10-8-20)28-13-11-27(2)12-14-28/h3-10,16,25H,11-14H2,1-2H3,(H,26,30)/b19-16-. The van der Waals surface area contributed by atoms with E-state index in [4.69, 9.17) is 0 Å².